The van der Waals surface area contributed by atoms with E-state index in [1.807, 2.05) is 31.2 Å². The maximum absolute atomic E-state index is 12.6. The Morgan fingerprint density at radius 1 is 1.12 bits per heavy atom. The number of hydrogen-bond donors (Lipinski definition) is 1. The topological polar surface area (TPSA) is 61.6 Å². The third-order valence-electron chi connectivity index (χ3n) is 6.73. The molecule has 0 aliphatic carbocycles. The van der Waals surface area contributed by atoms with Gasteiger partial charge in [0.15, 0.2) is 0 Å². The maximum atomic E-state index is 12.6. The first-order valence-corrected chi connectivity index (χ1v) is 12.4. The average molecular weight is 459 g/mol. The molecule has 32 heavy (non-hydrogen) atoms. The molecule has 3 heterocycles. The lowest BCUT2D eigenvalue weighted by atomic mass is 9.95. The summed E-state index contributed by atoms with van der Waals surface area (Å²) < 4.78 is 5.89. The number of nitrogens with one attached hydrogen (secondary N) is 1. The van der Waals surface area contributed by atoms with Crippen LogP contribution in [0.3, 0.4) is 0 Å². The first kappa shape index (κ1) is 23.3. The normalized spacial score (nSPS) is 18.7. The third-order valence-corrected chi connectivity index (χ3v) is 7.06. The van der Waals surface area contributed by atoms with Gasteiger partial charge in [-0.2, -0.15) is 0 Å². The van der Waals surface area contributed by atoms with Crippen molar-refractivity contribution in [3.05, 3.63) is 40.7 Å². The van der Waals surface area contributed by atoms with E-state index < -0.39 is 0 Å². The minimum absolute atomic E-state index is 0.123. The van der Waals surface area contributed by atoms with Crippen LogP contribution < -0.4 is 5.32 Å². The van der Waals surface area contributed by atoms with Crippen LogP contribution in [0.1, 0.15) is 50.0 Å². The fourth-order valence-electron chi connectivity index (χ4n) is 4.73. The molecule has 6 nitrogen and oxygen atoms in total. The Morgan fingerprint density at radius 2 is 1.88 bits per heavy atom. The lowest BCUT2D eigenvalue weighted by Gasteiger charge is -2.31. The number of halogens is 1. The van der Waals surface area contributed by atoms with Crippen LogP contribution in [0.5, 0.6) is 0 Å². The fraction of sp³-hybridized carbons (Fsp3) is 0.600. The lowest BCUT2D eigenvalue weighted by molar-refractivity contribution is -0.126. The summed E-state index contributed by atoms with van der Waals surface area (Å²) in [5.74, 6) is 1.75. The van der Waals surface area contributed by atoms with Gasteiger partial charge in [-0.1, -0.05) is 30.2 Å². The van der Waals surface area contributed by atoms with E-state index in [9.17, 15) is 4.79 Å². The molecule has 1 N–H and O–H groups in total. The second-order valence-corrected chi connectivity index (χ2v) is 9.51. The number of amides is 1. The number of benzene rings is 1. The number of aryl methyl sites for hydroxylation is 1. The zero-order valence-electron chi connectivity index (χ0n) is 19.1. The molecule has 4 rings (SSSR count). The number of nitrogens with zero attached hydrogens (tertiary/aromatic N) is 3. The van der Waals surface area contributed by atoms with Crippen LogP contribution in [0.4, 0.5) is 0 Å². The molecule has 2 fully saturated rings. The van der Waals surface area contributed by atoms with E-state index in [-0.39, 0.29) is 11.8 Å². The summed E-state index contributed by atoms with van der Waals surface area (Å²) in [5, 5.41) is 3.81. The van der Waals surface area contributed by atoms with E-state index in [1.54, 1.807) is 0 Å². The van der Waals surface area contributed by atoms with Crippen LogP contribution in [0.15, 0.2) is 28.7 Å². The van der Waals surface area contributed by atoms with Crippen molar-refractivity contribution in [3.8, 4) is 11.5 Å². The SMILES string of the molecule is Cc1oc(-c2ccccc2Cl)nc1CN1CCC(C(=O)NCCCN2CCCCC2)CC1. The smallest absolute Gasteiger partial charge is 0.228 e. The molecule has 2 saturated heterocycles. The molecule has 0 radical (unpaired) electrons. The summed E-state index contributed by atoms with van der Waals surface area (Å²) in [5.41, 5.74) is 1.76. The molecule has 0 unspecified atom stereocenters. The highest BCUT2D eigenvalue weighted by Gasteiger charge is 2.26. The van der Waals surface area contributed by atoms with Crippen molar-refractivity contribution in [2.75, 3.05) is 39.3 Å². The number of piperidine rings is 2. The van der Waals surface area contributed by atoms with Gasteiger partial charge in [0.25, 0.3) is 0 Å². The summed E-state index contributed by atoms with van der Waals surface area (Å²) >= 11 is 6.29. The Morgan fingerprint density at radius 3 is 2.62 bits per heavy atom. The summed E-state index contributed by atoms with van der Waals surface area (Å²) in [7, 11) is 0. The first-order chi connectivity index (χ1) is 15.6. The predicted octanol–water partition coefficient (Wildman–Crippen LogP) is 4.51. The molecule has 174 valence electrons. The highest BCUT2D eigenvalue weighted by molar-refractivity contribution is 6.33. The van der Waals surface area contributed by atoms with Gasteiger partial charge in [0.05, 0.1) is 16.3 Å². The summed E-state index contributed by atoms with van der Waals surface area (Å²) in [6.07, 6.45) is 6.84. The van der Waals surface area contributed by atoms with E-state index in [0.717, 1.165) is 69.0 Å². The number of likely N-dealkylation sites (tertiary alicyclic amines) is 2. The standard InChI is InChI=1S/C25H35ClN4O2/c1-19-23(28-25(32-19)21-8-3-4-9-22(21)26)18-30-16-10-20(11-17-30)24(31)27-12-7-15-29-13-5-2-6-14-29/h3-4,8-9,20H,2,5-7,10-18H2,1H3,(H,27,31). The molecule has 1 aromatic heterocycles. The van der Waals surface area contributed by atoms with Crippen molar-refractivity contribution in [3.63, 3.8) is 0 Å². The highest BCUT2D eigenvalue weighted by Crippen LogP contribution is 2.29. The molecular formula is C25H35ClN4O2. The summed E-state index contributed by atoms with van der Waals surface area (Å²) in [6.45, 7) is 8.83. The molecule has 0 spiro atoms. The number of carbonyl (C=O) groups is 1. The zero-order valence-corrected chi connectivity index (χ0v) is 19.9. The molecule has 1 aromatic carbocycles. The number of hydrogen-bond acceptors (Lipinski definition) is 5. The van der Waals surface area contributed by atoms with Gasteiger partial charge in [-0.25, -0.2) is 4.98 Å². The van der Waals surface area contributed by atoms with Gasteiger partial charge >= 0.3 is 0 Å². The molecule has 0 saturated carbocycles. The van der Waals surface area contributed by atoms with Gasteiger partial charge in [-0.15, -0.1) is 0 Å². The van der Waals surface area contributed by atoms with Crippen LogP contribution in [0.2, 0.25) is 5.02 Å². The molecule has 0 bridgehead atoms. The van der Waals surface area contributed by atoms with Crippen LogP contribution in [0, 0.1) is 12.8 Å². The number of aromatic nitrogens is 1. The van der Waals surface area contributed by atoms with Gasteiger partial charge < -0.3 is 14.6 Å². The Balaban J connectivity index is 1.19. The predicted molar refractivity (Wildman–Crippen MR) is 128 cm³/mol. The quantitative estimate of drug-likeness (QED) is 0.590. The van der Waals surface area contributed by atoms with E-state index in [0.29, 0.717) is 10.9 Å². The minimum atomic E-state index is 0.123. The largest absolute Gasteiger partial charge is 0.441 e. The molecule has 7 heteroatoms. The Bertz CT molecular complexity index is 886. The Hall–Kier alpha value is -1.89. The van der Waals surface area contributed by atoms with Crippen molar-refractivity contribution in [1.82, 2.24) is 20.1 Å². The van der Waals surface area contributed by atoms with E-state index in [1.165, 1.54) is 32.4 Å². The molecule has 1 amide bonds. The van der Waals surface area contributed by atoms with Crippen LogP contribution in [-0.2, 0) is 11.3 Å². The van der Waals surface area contributed by atoms with E-state index in [4.69, 9.17) is 21.0 Å². The van der Waals surface area contributed by atoms with Crippen molar-refractivity contribution >= 4 is 17.5 Å². The van der Waals surface area contributed by atoms with Crippen LogP contribution >= 0.6 is 11.6 Å². The zero-order chi connectivity index (χ0) is 22.3. The van der Waals surface area contributed by atoms with Crippen LogP contribution in [-0.4, -0.2) is 60.0 Å². The summed E-state index contributed by atoms with van der Waals surface area (Å²) in [6, 6.07) is 7.61. The second kappa shape index (κ2) is 11.3. The third kappa shape index (κ3) is 6.12. The minimum Gasteiger partial charge on any atom is -0.441 e. The maximum Gasteiger partial charge on any atom is 0.228 e. The van der Waals surface area contributed by atoms with Crippen LogP contribution in [0.25, 0.3) is 11.5 Å². The number of rotatable bonds is 8. The second-order valence-electron chi connectivity index (χ2n) is 9.10. The number of oxazole rings is 1. The van der Waals surface area contributed by atoms with Crippen molar-refractivity contribution in [2.45, 2.75) is 52.0 Å². The Kier molecular flexibility index (Phi) is 8.22. The van der Waals surface area contributed by atoms with Gasteiger partial charge in [0.2, 0.25) is 11.8 Å². The van der Waals surface area contributed by atoms with E-state index >= 15 is 0 Å². The average Bonchev–Trinajstić information content (AvgIpc) is 3.18. The van der Waals surface area contributed by atoms with Crippen molar-refractivity contribution in [2.24, 2.45) is 5.92 Å². The molecule has 2 aliphatic rings. The Labute approximate surface area is 196 Å². The van der Waals surface area contributed by atoms with E-state index in [2.05, 4.69) is 15.1 Å². The fourth-order valence-corrected chi connectivity index (χ4v) is 4.95. The van der Waals surface area contributed by atoms with Crippen molar-refractivity contribution in [1.29, 1.82) is 0 Å². The van der Waals surface area contributed by atoms with Gasteiger partial charge in [-0.05, 0) is 83.9 Å². The van der Waals surface area contributed by atoms with Gasteiger partial charge in [-0.3, -0.25) is 9.69 Å². The summed E-state index contributed by atoms with van der Waals surface area (Å²) in [4.78, 5) is 22.2. The molecule has 2 aliphatic heterocycles. The molecule has 0 atom stereocenters. The first-order valence-electron chi connectivity index (χ1n) is 12.0. The lowest BCUT2D eigenvalue weighted by Crippen LogP contribution is -2.41. The van der Waals surface area contributed by atoms with Crippen molar-refractivity contribution < 1.29 is 9.21 Å². The monoisotopic (exact) mass is 458 g/mol. The number of carbonyl (C=O) groups excluding carboxylic acids is 1. The van der Waals surface area contributed by atoms with Gasteiger partial charge in [0.1, 0.15) is 5.76 Å². The highest BCUT2D eigenvalue weighted by atomic mass is 35.5. The molecule has 2 aromatic rings. The van der Waals surface area contributed by atoms with Gasteiger partial charge in [0, 0.05) is 19.0 Å². The molecular weight excluding hydrogens is 424 g/mol.